The molecule has 2 aromatic carbocycles. The van der Waals surface area contributed by atoms with E-state index in [2.05, 4.69) is 10.2 Å². The molecule has 0 unspecified atom stereocenters. The first-order valence-corrected chi connectivity index (χ1v) is 9.76. The number of carbonyl (C=O) groups is 1. The molecule has 2 N–H and O–H groups in total. The Balaban J connectivity index is 1.78. The number of likely N-dealkylation sites (N-methyl/N-ethyl adjacent to an activating group) is 1. The van der Waals surface area contributed by atoms with Gasteiger partial charge in [0, 0.05) is 37.5 Å². The molecule has 2 aromatic rings. The van der Waals surface area contributed by atoms with Gasteiger partial charge in [0.25, 0.3) is 0 Å². The van der Waals surface area contributed by atoms with Crippen LogP contribution in [0.25, 0.3) is 0 Å². The Morgan fingerprint density at radius 3 is 2.38 bits per heavy atom. The molecule has 4 rings (SSSR count). The molecule has 0 aliphatic carbocycles. The lowest BCUT2D eigenvalue weighted by molar-refractivity contribution is -0.131. The summed E-state index contributed by atoms with van der Waals surface area (Å²) in [7, 11) is 1.52. The summed E-state index contributed by atoms with van der Waals surface area (Å²) < 4.78 is 28.2. The van der Waals surface area contributed by atoms with E-state index in [9.17, 15) is 13.6 Å². The van der Waals surface area contributed by atoms with Gasteiger partial charge in [-0.15, -0.1) is 0 Å². The van der Waals surface area contributed by atoms with E-state index in [1.807, 2.05) is 24.3 Å². The van der Waals surface area contributed by atoms with Crippen LogP contribution in [0.1, 0.15) is 36.8 Å². The first kappa shape index (κ1) is 19.4. The fourth-order valence-electron chi connectivity index (χ4n) is 4.42. The average molecular weight is 398 g/mol. The Morgan fingerprint density at radius 1 is 1.10 bits per heavy atom. The fourth-order valence-corrected chi connectivity index (χ4v) is 4.42. The largest absolute Gasteiger partial charge is 0.372 e. The number of benzene rings is 2. The molecular formula is C22H24F2N4O. The molecule has 2 saturated heterocycles. The Bertz CT molecular complexity index is 956. The number of guanidine groups is 1. The standard InChI is InChI=1S/C22H24F2N4O/c1-22(17-10-7-15(23)13-18(17)24)19(20(29)27(2)21(25)26-22)14-5-8-16(9-6-14)28-11-3-4-12-28/h5-10,13,19H,3-4,11-12H2,1-2H3,(H2,25,26)/t19-,22-/m1/s1. The molecule has 152 valence electrons. The number of amides is 1. The highest BCUT2D eigenvalue weighted by Crippen LogP contribution is 2.42. The molecule has 0 bridgehead atoms. The van der Waals surface area contributed by atoms with E-state index in [1.165, 1.54) is 36.9 Å². The van der Waals surface area contributed by atoms with Crippen LogP contribution in [0.15, 0.2) is 42.5 Å². The van der Waals surface area contributed by atoms with Crippen LogP contribution in [0.5, 0.6) is 0 Å². The van der Waals surface area contributed by atoms with Crippen molar-refractivity contribution in [2.45, 2.75) is 31.2 Å². The summed E-state index contributed by atoms with van der Waals surface area (Å²) in [6, 6.07) is 11.1. The molecule has 1 amide bonds. The molecule has 0 saturated carbocycles. The summed E-state index contributed by atoms with van der Waals surface area (Å²) in [5.74, 6) is -2.63. The van der Waals surface area contributed by atoms with Gasteiger partial charge in [-0.1, -0.05) is 18.2 Å². The second-order valence-corrected chi connectivity index (χ2v) is 7.92. The van der Waals surface area contributed by atoms with E-state index in [4.69, 9.17) is 5.41 Å². The van der Waals surface area contributed by atoms with Crippen molar-refractivity contribution in [3.05, 3.63) is 65.2 Å². The number of rotatable bonds is 3. The number of carbonyl (C=O) groups excluding carboxylic acids is 1. The van der Waals surface area contributed by atoms with E-state index >= 15 is 0 Å². The molecule has 0 aromatic heterocycles. The highest BCUT2D eigenvalue weighted by Gasteiger charge is 2.49. The molecule has 0 spiro atoms. The lowest BCUT2D eigenvalue weighted by Crippen LogP contribution is -2.62. The van der Waals surface area contributed by atoms with Crippen LogP contribution < -0.4 is 10.2 Å². The second-order valence-electron chi connectivity index (χ2n) is 7.92. The van der Waals surface area contributed by atoms with Crippen LogP contribution in [0.4, 0.5) is 14.5 Å². The van der Waals surface area contributed by atoms with Gasteiger partial charge >= 0.3 is 0 Å². The SMILES string of the molecule is CN1C(=N)N[C@](C)(c2ccc(F)cc2F)[C@H](c2ccc(N3CCCC3)cc2)C1=O. The number of nitrogens with one attached hydrogen (secondary N) is 2. The van der Waals surface area contributed by atoms with Crippen molar-refractivity contribution >= 4 is 17.6 Å². The van der Waals surface area contributed by atoms with Crippen molar-refractivity contribution in [3.8, 4) is 0 Å². The minimum atomic E-state index is -1.23. The van der Waals surface area contributed by atoms with Gasteiger partial charge in [0.05, 0.1) is 11.5 Å². The van der Waals surface area contributed by atoms with Crippen molar-refractivity contribution < 1.29 is 13.6 Å². The van der Waals surface area contributed by atoms with E-state index in [1.54, 1.807) is 6.92 Å². The summed E-state index contributed by atoms with van der Waals surface area (Å²) in [6.07, 6.45) is 2.34. The topological polar surface area (TPSA) is 59.4 Å². The molecular weight excluding hydrogens is 374 g/mol. The molecule has 2 fully saturated rings. The number of hydrogen-bond donors (Lipinski definition) is 2. The van der Waals surface area contributed by atoms with Gasteiger partial charge in [-0.2, -0.15) is 0 Å². The Kier molecular flexibility index (Phi) is 4.76. The van der Waals surface area contributed by atoms with Gasteiger partial charge in [-0.3, -0.25) is 15.1 Å². The molecule has 29 heavy (non-hydrogen) atoms. The number of anilines is 1. The third-order valence-corrected chi connectivity index (χ3v) is 6.06. The van der Waals surface area contributed by atoms with Gasteiger partial charge in [-0.25, -0.2) is 8.78 Å². The number of halogens is 2. The normalized spacial score (nSPS) is 24.8. The van der Waals surface area contributed by atoms with E-state index < -0.39 is 23.1 Å². The predicted molar refractivity (Wildman–Crippen MR) is 108 cm³/mol. The zero-order valence-corrected chi connectivity index (χ0v) is 16.5. The van der Waals surface area contributed by atoms with Crippen molar-refractivity contribution in [1.82, 2.24) is 10.2 Å². The van der Waals surface area contributed by atoms with Crippen LogP contribution >= 0.6 is 0 Å². The first-order chi connectivity index (χ1) is 13.8. The predicted octanol–water partition coefficient (Wildman–Crippen LogP) is 3.56. The highest BCUT2D eigenvalue weighted by atomic mass is 19.1. The van der Waals surface area contributed by atoms with Gasteiger partial charge in [0.1, 0.15) is 11.6 Å². The zero-order valence-electron chi connectivity index (χ0n) is 16.5. The Hall–Kier alpha value is -2.96. The van der Waals surface area contributed by atoms with E-state index in [0.717, 1.165) is 30.4 Å². The average Bonchev–Trinajstić information content (AvgIpc) is 3.21. The summed E-state index contributed by atoms with van der Waals surface area (Å²) >= 11 is 0. The third kappa shape index (κ3) is 3.24. The van der Waals surface area contributed by atoms with Crippen molar-refractivity contribution in [3.63, 3.8) is 0 Å². The van der Waals surface area contributed by atoms with Crippen LogP contribution in [0, 0.1) is 17.0 Å². The minimum absolute atomic E-state index is 0.119. The molecule has 5 nitrogen and oxygen atoms in total. The maximum Gasteiger partial charge on any atom is 0.239 e. The molecule has 2 atom stereocenters. The van der Waals surface area contributed by atoms with Gasteiger partial charge in [0.15, 0.2) is 5.96 Å². The second kappa shape index (κ2) is 7.13. The van der Waals surface area contributed by atoms with E-state index in [-0.39, 0.29) is 17.4 Å². The molecule has 2 aliphatic rings. The Morgan fingerprint density at radius 2 is 1.76 bits per heavy atom. The maximum atomic E-state index is 14.7. The van der Waals surface area contributed by atoms with Crippen LogP contribution in [-0.4, -0.2) is 36.9 Å². The summed E-state index contributed by atoms with van der Waals surface area (Å²) in [5.41, 5.74) is 0.737. The maximum absolute atomic E-state index is 14.7. The molecule has 2 aliphatic heterocycles. The summed E-state index contributed by atoms with van der Waals surface area (Å²) in [6.45, 7) is 3.71. The van der Waals surface area contributed by atoms with Gasteiger partial charge < -0.3 is 10.2 Å². The van der Waals surface area contributed by atoms with Crippen LogP contribution in [0.3, 0.4) is 0 Å². The first-order valence-electron chi connectivity index (χ1n) is 9.76. The molecule has 2 heterocycles. The molecule has 7 heteroatoms. The van der Waals surface area contributed by atoms with Gasteiger partial charge in [-0.05, 0) is 43.5 Å². The van der Waals surface area contributed by atoms with Crippen molar-refractivity contribution in [2.24, 2.45) is 0 Å². The molecule has 0 radical (unpaired) electrons. The smallest absolute Gasteiger partial charge is 0.239 e. The van der Waals surface area contributed by atoms with Crippen molar-refractivity contribution in [2.75, 3.05) is 25.0 Å². The minimum Gasteiger partial charge on any atom is -0.372 e. The lowest BCUT2D eigenvalue weighted by Gasteiger charge is -2.46. The Labute approximate surface area is 168 Å². The van der Waals surface area contributed by atoms with Crippen molar-refractivity contribution in [1.29, 1.82) is 5.41 Å². The summed E-state index contributed by atoms with van der Waals surface area (Å²) in [4.78, 5) is 16.7. The highest BCUT2D eigenvalue weighted by molar-refractivity contribution is 6.02. The monoisotopic (exact) mass is 398 g/mol. The zero-order chi connectivity index (χ0) is 20.8. The van der Waals surface area contributed by atoms with E-state index in [0.29, 0.717) is 0 Å². The third-order valence-electron chi connectivity index (χ3n) is 6.06. The van der Waals surface area contributed by atoms with Crippen LogP contribution in [0.2, 0.25) is 0 Å². The summed E-state index contributed by atoms with van der Waals surface area (Å²) in [5, 5.41) is 11.1. The van der Waals surface area contributed by atoms with Gasteiger partial charge in [0.2, 0.25) is 5.91 Å². The number of hydrogen-bond acceptors (Lipinski definition) is 3. The lowest BCUT2D eigenvalue weighted by atomic mass is 9.73. The quantitative estimate of drug-likeness (QED) is 0.831. The van der Waals surface area contributed by atoms with Crippen LogP contribution in [-0.2, 0) is 10.3 Å². The number of nitrogens with zero attached hydrogens (tertiary/aromatic N) is 2. The fraction of sp³-hybridized carbons (Fsp3) is 0.364.